The van der Waals surface area contributed by atoms with Crippen molar-refractivity contribution in [2.75, 3.05) is 32.8 Å². The standard InChI is InChI=1S/C13H20N2O2/c16-10-13(17)12-4-2-1-3-11(12)9-15-7-5-14-6-8-15/h1-4,13-14,16-17H,5-10H2. The molecule has 1 atom stereocenters. The van der Waals surface area contributed by atoms with Crippen LogP contribution in [0.25, 0.3) is 0 Å². The molecule has 0 bridgehead atoms. The maximum Gasteiger partial charge on any atom is 0.102 e. The quantitative estimate of drug-likeness (QED) is 0.695. The van der Waals surface area contributed by atoms with Crippen LogP contribution in [0.2, 0.25) is 0 Å². The number of aliphatic hydroxyl groups excluding tert-OH is 2. The molecule has 0 amide bonds. The Balaban J connectivity index is 2.08. The molecule has 1 fully saturated rings. The zero-order chi connectivity index (χ0) is 12.1. The highest BCUT2D eigenvalue weighted by Crippen LogP contribution is 2.19. The van der Waals surface area contributed by atoms with E-state index in [-0.39, 0.29) is 6.61 Å². The minimum Gasteiger partial charge on any atom is -0.393 e. The van der Waals surface area contributed by atoms with E-state index in [0.29, 0.717) is 0 Å². The Kier molecular flexibility index (Phi) is 4.50. The van der Waals surface area contributed by atoms with Gasteiger partial charge in [0.2, 0.25) is 0 Å². The first-order chi connectivity index (χ1) is 8.31. The summed E-state index contributed by atoms with van der Waals surface area (Å²) in [5.74, 6) is 0. The summed E-state index contributed by atoms with van der Waals surface area (Å²) in [5.41, 5.74) is 1.95. The Morgan fingerprint density at radius 3 is 2.65 bits per heavy atom. The smallest absolute Gasteiger partial charge is 0.102 e. The average molecular weight is 236 g/mol. The van der Waals surface area contributed by atoms with Crippen LogP contribution in [-0.2, 0) is 6.54 Å². The summed E-state index contributed by atoms with van der Waals surface area (Å²) in [6, 6.07) is 7.79. The SMILES string of the molecule is OCC(O)c1ccccc1CN1CCNCC1. The molecule has 1 saturated heterocycles. The van der Waals surface area contributed by atoms with Gasteiger partial charge in [0.05, 0.1) is 6.61 Å². The molecule has 3 N–H and O–H groups in total. The molecule has 4 heteroatoms. The molecule has 0 aliphatic carbocycles. The summed E-state index contributed by atoms with van der Waals surface area (Å²) >= 11 is 0. The van der Waals surface area contributed by atoms with Crippen LogP contribution in [0.15, 0.2) is 24.3 Å². The Hall–Kier alpha value is -0.940. The molecule has 1 aromatic carbocycles. The third-order valence-electron chi connectivity index (χ3n) is 3.19. The van der Waals surface area contributed by atoms with E-state index in [1.165, 1.54) is 0 Å². The summed E-state index contributed by atoms with van der Waals surface area (Å²) in [7, 11) is 0. The summed E-state index contributed by atoms with van der Waals surface area (Å²) in [6.45, 7) is 4.72. The number of nitrogens with zero attached hydrogens (tertiary/aromatic N) is 1. The predicted octanol–water partition coefficient (Wildman–Crippen LogP) is 0.117. The van der Waals surface area contributed by atoms with E-state index < -0.39 is 6.10 Å². The fourth-order valence-corrected chi connectivity index (χ4v) is 2.21. The lowest BCUT2D eigenvalue weighted by molar-refractivity contribution is 0.0939. The van der Waals surface area contributed by atoms with E-state index in [9.17, 15) is 5.11 Å². The fourth-order valence-electron chi connectivity index (χ4n) is 2.21. The number of piperazine rings is 1. The maximum atomic E-state index is 9.76. The van der Waals surface area contributed by atoms with Crippen molar-refractivity contribution in [3.63, 3.8) is 0 Å². The van der Waals surface area contributed by atoms with E-state index in [4.69, 9.17) is 5.11 Å². The molecular weight excluding hydrogens is 216 g/mol. The first-order valence-electron chi connectivity index (χ1n) is 6.11. The molecule has 2 rings (SSSR count). The van der Waals surface area contributed by atoms with Crippen LogP contribution in [0.4, 0.5) is 0 Å². The van der Waals surface area contributed by atoms with Gasteiger partial charge < -0.3 is 15.5 Å². The second-order valence-corrected chi connectivity index (χ2v) is 4.42. The third kappa shape index (κ3) is 3.26. The van der Waals surface area contributed by atoms with Crippen molar-refractivity contribution in [3.8, 4) is 0 Å². The van der Waals surface area contributed by atoms with Crippen LogP contribution >= 0.6 is 0 Å². The highest BCUT2D eigenvalue weighted by atomic mass is 16.3. The third-order valence-corrected chi connectivity index (χ3v) is 3.19. The van der Waals surface area contributed by atoms with Crippen molar-refractivity contribution in [2.24, 2.45) is 0 Å². The number of aliphatic hydroxyl groups is 2. The molecular formula is C13H20N2O2. The number of benzene rings is 1. The molecule has 1 aliphatic heterocycles. The van der Waals surface area contributed by atoms with Crippen LogP contribution < -0.4 is 5.32 Å². The van der Waals surface area contributed by atoms with Crippen LogP contribution in [0, 0.1) is 0 Å². The van der Waals surface area contributed by atoms with E-state index in [0.717, 1.165) is 43.9 Å². The van der Waals surface area contributed by atoms with Gasteiger partial charge in [-0.05, 0) is 11.1 Å². The maximum absolute atomic E-state index is 9.76. The van der Waals surface area contributed by atoms with Gasteiger partial charge >= 0.3 is 0 Å². The minimum atomic E-state index is -0.769. The Labute approximate surface area is 102 Å². The van der Waals surface area contributed by atoms with Crippen LogP contribution in [0.5, 0.6) is 0 Å². The predicted molar refractivity (Wildman–Crippen MR) is 66.6 cm³/mol. The first kappa shape index (κ1) is 12.5. The molecule has 1 unspecified atom stereocenters. The zero-order valence-electron chi connectivity index (χ0n) is 9.97. The van der Waals surface area contributed by atoms with Gasteiger partial charge in [-0.25, -0.2) is 0 Å². The highest BCUT2D eigenvalue weighted by Gasteiger charge is 2.15. The van der Waals surface area contributed by atoms with E-state index in [1.54, 1.807) is 0 Å². The molecule has 1 aromatic rings. The van der Waals surface area contributed by atoms with Gasteiger partial charge in [0, 0.05) is 32.7 Å². The molecule has 94 valence electrons. The van der Waals surface area contributed by atoms with Gasteiger partial charge in [-0.1, -0.05) is 24.3 Å². The first-order valence-corrected chi connectivity index (χ1v) is 6.11. The van der Waals surface area contributed by atoms with Crippen molar-refractivity contribution in [2.45, 2.75) is 12.6 Å². The second-order valence-electron chi connectivity index (χ2n) is 4.42. The summed E-state index contributed by atoms with van der Waals surface area (Å²) in [5, 5.41) is 22.1. The zero-order valence-corrected chi connectivity index (χ0v) is 9.97. The minimum absolute atomic E-state index is 0.224. The van der Waals surface area contributed by atoms with Gasteiger partial charge in [0.1, 0.15) is 6.10 Å². The van der Waals surface area contributed by atoms with E-state index in [2.05, 4.69) is 10.2 Å². The highest BCUT2D eigenvalue weighted by molar-refractivity contribution is 5.29. The van der Waals surface area contributed by atoms with E-state index in [1.807, 2.05) is 24.3 Å². The molecule has 0 aromatic heterocycles. The Morgan fingerprint density at radius 1 is 1.24 bits per heavy atom. The van der Waals surface area contributed by atoms with Crippen molar-refractivity contribution in [3.05, 3.63) is 35.4 Å². The van der Waals surface area contributed by atoms with Crippen LogP contribution in [0.1, 0.15) is 17.2 Å². The molecule has 1 heterocycles. The van der Waals surface area contributed by atoms with Crippen LogP contribution in [0.3, 0.4) is 0 Å². The van der Waals surface area contributed by atoms with Gasteiger partial charge in [-0.2, -0.15) is 0 Å². The number of rotatable bonds is 4. The number of hydrogen-bond acceptors (Lipinski definition) is 4. The number of nitrogens with one attached hydrogen (secondary N) is 1. The monoisotopic (exact) mass is 236 g/mol. The van der Waals surface area contributed by atoms with Crippen molar-refractivity contribution < 1.29 is 10.2 Å². The average Bonchev–Trinajstić information content (AvgIpc) is 2.40. The van der Waals surface area contributed by atoms with Crippen molar-refractivity contribution >= 4 is 0 Å². The summed E-state index contributed by atoms with van der Waals surface area (Å²) < 4.78 is 0. The molecule has 4 nitrogen and oxygen atoms in total. The molecule has 1 aliphatic rings. The fraction of sp³-hybridized carbons (Fsp3) is 0.538. The number of hydrogen-bond donors (Lipinski definition) is 3. The summed E-state index contributed by atoms with van der Waals surface area (Å²) in [6.07, 6.45) is -0.769. The normalized spacial score (nSPS) is 19.2. The summed E-state index contributed by atoms with van der Waals surface area (Å²) in [4.78, 5) is 2.36. The van der Waals surface area contributed by atoms with E-state index >= 15 is 0 Å². The Morgan fingerprint density at radius 2 is 1.94 bits per heavy atom. The largest absolute Gasteiger partial charge is 0.393 e. The van der Waals surface area contributed by atoms with Crippen molar-refractivity contribution in [1.29, 1.82) is 0 Å². The molecule has 0 saturated carbocycles. The second kappa shape index (κ2) is 6.12. The molecule has 0 spiro atoms. The van der Waals surface area contributed by atoms with Gasteiger partial charge in [0.15, 0.2) is 0 Å². The lowest BCUT2D eigenvalue weighted by Gasteiger charge is -2.28. The lowest BCUT2D eigenvalue weighted by Crippen LogP contribution is -2.43. The van der Waals surface area contributed by atoms with Crippen molar-refractivity contribution in [1.82, 2.24) is 10.2 Å². The lowest BCUT2D eigenvalue weighted by atomic mass is 10.0. The van der Waals surface area contributed by atoms with Gasteiger partial charge in [-0.3, -0.25) is 4.90 Å². The van der Waals surface area contributed by atoms with Gasteiger partial charge in [0.25, 0.3) is 0 Å². The van der Waals surface area contributed by atoms with Crippen LogP contribution in [-0.4, -0.2) is 47.9 Å². The van der Waals surface area contributed by atoms with Gasteiger partial charge in [-0.15, -0.1) is 0 Å². The topological polar surface area (TPSA) is 55.7 Å². The molecule has 17 heavy (non-hydrogen) atoms. The molecule has 0 radical (unpaired) electrons. The Bertz CT molecular complexity index is 351.